The fourth-order valence-corrected chi connectivity index (χ4v) is 2.08. The highest BCUT2D eigenvalue weighted by molar-refractivity contribution is 5.94. The minimum atomic E-state index is -0.434. The van der Waals surface area contributed by atoms with Crippen molar-refractivity contribution in [1.82, 2.24) is 10.6 Å². The minimum absolute atomic E-state index is 0.266. The van der Waals surface area contributed by atoms with Gasteiger partial charge in [0.1, 0.15) is 6.54 Å². The second-order valence-corrected chi connectivity index (χ2v) is 5.61. The molecule has 0 aliphatic heterocycles. The molecule has 0 saturated carbocycles. The average Bonchev–Trinajstić information content (AvgIpc) is 2.38. The number of hydrogen-bond acceptors (Lipinski definition) is 2. The van der Waals surface area contributed by atoms with Crippen LogP contribution in [0.15, 0.2) is 24.3 Å². The third-order valence-electron chi connectivity index (χ3n) is 3.20. The molecule has 0 heterocycles. The van der Waals surface area contributed by atoms with E-state index in [2.05, 4.69) is 48.7 Å². The Morgan fingerprint density at radius 1 is 1.19 bits per heavy atom. The lowest BCUT2D eigenvalue weighted by Gasteiger charge is -2.14. The molecule has 21 heavy (non-hydrogen) atoms. The number of imide groups is 1. The smallest absolute Gasteiger partial charge is 0.321 e. The van der Waals surface area contributed by atoms with Gasteiger partial charge in [0.25, 0.3) is 5.91 Å². The average molecular weight is 292 g/mol. The highest BCUT2D eigenvalue weighted by Gasteiger charge is 2.13. The third kappa shape index (κ3) is 6.40. The van der Waals surface area contributed by atoms with Gasteiger partial charge in [0.05, 0.1) is 7.05 Å². The molecule has 3 amide bonds. The Labute approximate surface area is 126 Å². The summed E-state index contributed by atoms with van der Waals surface area (Å²) in [7, 11) is 1.94. The molecule has 1 aromatic rings. The number of rotatable bonds is 6. The van der Waals surface area contributed by atoms with E-state index < -0.39 is 6.03 Å². The van der Waals surface area contributed by atoms with Crippen molar-refractivity contribution in [2.24, 2.45) is 0 Å². The van der Waals surface area contributed by atoms with Gasteiger partial charge < -0.3 is 10.2 Å². The number of nitrogens with one attached hydrogen (secondary N) is 3. The highest BCUT2D eigenvalue weighted by Crippen LogP contribution is 2.14. The summed E-state index contributed by atoms with van der Waals surface area (Å²) in [6.07, 6.45) is 0. The van der Waals surface area contributed by atoms with Crippen LogP contribution in [0.5, 0.6) is 0 Å². The first kappa shape index (κ1) is 17.2. The standard InChI is InChI=1S/C16H25N3O2/c1-5-17-16(21)18-15(20)11-19(4)10-13-6-8-14(9-7-13)12(2)3/h6-9,12H,5,10-11H2,1-4H3,(H2,17,18,20,21)/p+1. The topological polar surface area (TPSA) is 62.6 Å². The summed E-state index contributed by atoms with van der Waals surface area (Å²) in [5, 5.41) is 4.85. The van der Waals surface area contributed by atoms with E-state index in [1.54, 1.807) is 0 Å². The normalized spacial score (nSPS) is 12.0. The lowest BCUT2D eigenvalue weighted by Crippen LogP contribution is -3.09. The number of carbonyl (C=O) groups excluding carboxylic acids is 2. The fourth-order valence-electron chi connectivity index (χ4n) is 2.08. The van der Waals surface area contributed by atoms with E-state index in [9.17, 15) is 9.59 Å². The van der Waals surface area contributed by atoms with Crippen LogP contribution in [0.3, 0.4) is 0 Å². The number of benzene rings is 1. The molecule has 0 aliphatic carbocycles. The Hall–Kier alpha value is -1.88. The van der Waals surface area contributed by atoms with Crippen molar-refractivity contribution in [1.29, 1.82) is 0 Å². The predicted molar refractivity (Wildman–Crippen MR) is 83.2 cm³/mol. The van der Waals surface area contributed by atoms with E-state index in [1.807, 2.05) is 14.0 Å². The first-order chi connectivity index (χ1) is 9.92. The predicted octanol–water partition coefficient (Wildman–Crippen LogP) is 0.670. The number of carbonyl (C=O) groups is 2. The van der Waals surface area contributed by atoms with Gasteiger partial charge >= 0.3 is 6.03 Å². The second kappa shape index (κ2) is 8.42. The summed E-state index contributed by atoms with van der Waals surface area (Å²) in [5.74, 6) is 0.254. The van der Waals surface area contributed by atoms with Crippen molar-refractivity contribution in [2.75, 3.05) is 20.1 Å². The van der Waals surface area contributed by atoms with Crippen molar-refractivity contribution < 1.29 is 14.5 Å². The monoisotopic (exact) mass is 292 g/mol. The summed E-state index contributed by atoms with van der Waals surface area (Å²) in [6.45, 7) is 7.66. The number of quaternary nitrogens is 1. The zero-order valence-corrected chi connectivity index (χ0v) is 13.3. The SMILES string of the molecule is CCNC(=O)NC(=O)C[NH+](C)Cc1ccc(C(C)C)cc1. The van der Waals surface area contributed by atoms with Gasteiger partial charge in [0.2, 0.25) is 0 Å². The van der Waals surface area contributed by atoms with E-state index in [4.69, 9.17) is 0 Å². The highest BCUT2D eigenvalue weighted by atomic mass is 16.2. The molecule has 1 rings (SSSR count). The van der Waals surface area contributed by atoms with Gasteiger partial charge in [-0.25, -0.2) is 4.79 Å². The Balaban J connectivity index is 2.44. The molecule has 5 nitrogen and oxygen atoms in total. The number of amides is 3. The Morgan fingerprint density at radius 2 is 1.81 bits per heavy atom. The quantitative estimate of drug-likeness (QED) is 0.722. The summed E-state index contributed by atoms with van der Waals surface area (Å²) in [5.41, 5.74) is 2.49. The van der Waals surface area contributed by atoms with Crippen molar-refractivity contribution >= 4 is 11.9 Å². The second-order valence-electron chi connectivity index (χ2n) is 5.61. The molecule has 0 fully saturated rings. The lowest BCUT2D eigenvalue weighted by molar-refractivity contribution is -0.885. The van der Waals surface area contributed by atoms with Crippen molar-refractivity contribution in [3.05, 3.63) is 35.4 Å². The molecule has 0 aliphatic rings. The Bertz CT molecular complexity index is 469. The Morgan fingerprint density at radius 3 is 2.33 bits per heavy atom. The molecule has 0 spiro atoms. The van der Waals surface area contributed by atoms with Crippen LogP contribution in [0.2, 0.25) is 0 Å². The summed E-state index contributed by atoms with van der Waals surface area (Å²) in [4.78, 5) is 24.0. The van der Waals surface area contributed by atoms with Gasteiger partial charge in [-0.3, -0.25) is 10.1 Å². The van der Waals surface area contributed by atoms with Gasteiger partial charge in [0.15, 0.2) is 6.54 Å². The fraction of sp³-hybridized carbons (Fsp3) is 0.500. The van der Waals surface area contributed by atoms with Crippen LogP contribution in [-0.4, -0.2) is 32.1 Å². The summed E-state index contributed by atoms with van der Waals surface area (Å²) < 4.78 is 0. The lowest BCUT2D eigenvalue weighted by atomic mass is 10.0. The van der Waals surface area contributed by atoms with Crippen LogP contribution in [-0.2, 0) is 11.3 Å². The molecule has 116 valence electrons. The molecule has 0 saturated heterocycles. The van der Waals surface area contributed by atoms with Crippen LogP contribution in [0.1, 0.15) is 37.8 Å². The van der Waals surface area contributed by atoms with Crippen LogP contribution in [0.25, 0.3) is 0 Å². The van der Waals surface area contributed by atoms with Crippen molar-refractivity contribution in [3.8, 4) is 0 Å². The summed E-state index contributed by atoms with van der Waals surface area (Å²) >= 11 is 0. The minimum Gasteiger partial charge on any atom is -0.338 e. The zero-order valence-electron chi connectivity index (χ0n) is 13.3. The van der Waals surface area contributed by atoms with Crippen molar-refractivity contribution in [3.63, 3.8) is 0 Å². The van der Waals surface area contributed by atoms with Crippen LogP contribution >= 0.6 is 0 Å². The molecule has 1 unspecified atom stereocenters. The van der Waals surface area contributed by atoms with Crippen LogP contribution in [0, 0.1) is 0 Å². The van der Waals surface area contributed by atoms with Gasteiger partial charge in [-0.1, -0.05) is 38.1 Å². The number of likely N-dealkylation sites (N-methyl/N-ethyl adjacent to an activating group) is 1. The first-order valence-electron chi connectivity index (χ1n) is 7.40. The molecule has 0 aromatic heterocycles. The molecule has 1 atom stereocenters. The Kier molecular flexibility index (Phi) is 6.88. The molecular formula is C16H26N3O2+. The van der Waals surface area contributed by atoms with E-state index in [0.29, 0.717) is 12.5 Å². The van der Waals surface area contributed by atoms with Crippen molar-refractivity contribution in [2.45, 2.75) is 33.2 Å². The van der Waals surface area contributed by atoms with E-state index in [0.717, 1.165) is 11.4 Å². The molecule has 0 radical (unpaired) electrons. The number of hydrogen-bond donors (Lipinski definition) is 3. The van der Waals surface area contributed by atoms with Gasteiger partial charge in [-0.15, -0.1) is 0 Å². The van der Waals surface area contributed by atoms with Gasteiger partial charge in [-0.05, 0) is 18.4 Å². The maximum Gasteiger partial charge on any atom is 0.321 e. The maximum absolute atomic E-state index is 11.7. The van der Waals surface area contributed by atoms with E-state index in [1.165, 1.54) is 11.1 Å². The van der Waals surface area contributed by atoms with Crippen LogP contribution in [0.4, 0.5) is 4.79 Å². The van der Waals surface area contributed by atoms with E-state index in [-0.39, 0.29) is 12.5 Å². The third-order valence-corrected chi connectivity index (χ3v) is 3.20. The maximum atomic E-state index is 11.7. The molecule has 3 N–H and O–H groups in total. The largest absolute Gasteiger partial charge is 0.338 e. The molecule has 5 heteroatoms. The molecule has 0 bridgehead atoms. The molecule has 1 aromatic carbocycles. The first-order valence-corrected chi connectivity index (χ1v) is 7.40. The van der Waals surface area contributed by atoms with Crippen LogP contribution < -0.4 is 15.5 Å². The van der Waals surface area contributed by atoms with E-state index >= 15 is 0 Å². The number of urea groups is 1. The summed E-state index contributed by atoms with van der Waals surface area (Å²) in [6, 6.07) is 8.02. The molecular weight excluding hydrogens is 266 g/mol. The van der Waals surface area contributed by atoms with Gasteiger partial charge in [0, 0.05) is 12.1 Å². The van der Waals surface area contributed by atoms with Gasteiger partial charge in [-0.2, -0.15) is 0 Å². The zero-order chi connectivity index (χ0) is 15.8.